The molecule has 8 nitrogen and oxygen atoms in total. The standard InChI is InChI=1S/C23H26F2N4O4S/c1-23(2,3)33-22(31)26-7-8-29(34)21(30)28-19-10-13(5-6-20(19)32-4)17-11-14-9-15(24)16(25)12-18(14)27-17/h5-6,9-12,27,34H,7-8H2,1-4H3,(H,26,31)(H,28,30). The van der Waals surface area contributed by atoms with E-state index in [1.807, 2.05) is 0 Å². The summed E-state index contributed by atoms with van der Waals surface area (Å²) >= 11 is 4.17. The molecule has 0 saturated carbocycles. The van der Waals surface area contributed by atoms with E-state index < -0.39 is 29.4 Å². The lowest BCUT2D eigenvalue weighted by Crippen LogP contribution is -2.38. The van der Waals surface area contributed by atoms with Gasteiger partial charge in [-0.1, -0.05) is 12.8 Å². The van der Waals surface area contributed by atoms with E-state index in [1.54, 1.807) is 45.0 Å². The number of benzene rings is 2. The third kappa shape index (κ3) is 6.31. The third-order valence-electron chi connectivity index (χ3n) is 4.64. The Morgan fingerprint density at radius 2 is 1.82 bits per heavy atom. The zero-order valence-electron chi connectivity index (χ0n) is 19.2. The Kier molecular flexibility index (Phi) is 7.55. The van der Waals surface area contributed by atoms with Gasteiger partial charge in [0.25, 0.3) is 0 Å². The van der Waals surface area contributed by atoms with Crippen LogP contribution >= 0.6 is 12.8 Å². The van der Waals surface area contributed by atoms with Crippen LogP contribution in [0.5, 0.6) is 5.75 Å². The van der Waals surface area contributed by atoms with E-state index in [2.05, 4.69) is 28.4 Å². The molecule has 34 heavy (non-hydrogen) atoms. The molecule has 0 unspecified atom stereocenters. The van der Waals surface area contributed by atoms with Gasteiger partial charge in [-0.25, -0.2) is 18.4 Å². The summed E-state index contributed by atoms with van der Waals surface area (Å²) in [5.41, 5.74) is 1.43. The van der Waals surface area contributed by atoms with Crippen LogP contribution in [0.1, 0.15) is 20.8 Å². The monoisotopic (exact) mass is 492 g/mol. The second-order valence-electron chi connectivity index (χ2n) is 8.43. The van der Waals surface area contributed by atoms with Crippen LogP contribution in [0, 0.1) is 11.6 Å². The summed E-state index contributed by atoms with van der Waals surface area (Å²) in [6, 6.07) is 8.39. The molecule has 0 spiro atoms. The van der Waals surface area contributed by atoms with Crippen molar-refractivity contribution >= 4 is 41.5 Å². The number of hydrogen-bond acceptors (Lipinski definition) is 5. The van der Waals surface area contributed by atoms with Gasteiger partial charge < -0.3 is 25.1 Å². The van der Waals surface area contributed by atoms with Gasteiger partial charge in [0.05, 0.1) is 19.3 Å². The van der Waals surface area contributed by atoms with Gasteiger partial charge >= 0.3 is 12.1 Å². The summed E-state index contributed by atoms with van der Waals surface area (Å²) in [6.07, 6.45) is -0.595. The Bertz CT molecular complexity index is 1170. The van der Waals surface area contributed by atoms with Crippen LogP contribution in [-0.4, -0.2) is 47.2 Å². The number of halogens is 2. The zero-order valence-corrected chi connectivity index (χ0v) is 20.1. The number of carbonyl (C=O) groups is 2. The number of methoxy groups -OCH3 is 1. The molecule has 3 aromatic rings. The Morgan fingerprint density at radius 1 is 1.12 bits per heavy atom. The van der Waals surface area contributed by atoms with E-state index in [0.29, 0.717) is 33.6 Å². The van der Waals surface area contributed by atoms with Gasteiger partial charge in [-0.05, 0) is 51.1 Å². The second-order valence-corrected chi connectivity index (χ2v) is 8.92. The summed E-state index contributed by atoms with van der Waals surface area (Å²) < 4.78 is 38.7. The summed E-state index contributed by atoms with van der Waals surface area (Å²) in [5.74, 6) is -1.48. The number of nitrogens with zero attached hydrogens (tertiary/aromatic N) is 1. The number of thiol groups is 1. The van der Waals surface area contributed by atoms with Gasteiger partial charge in [0, 0.05) is 34.8 Å². The molecule has 3 rings (SSSR count). The van der Waals surface area contributed by atoms with Crippen molar-refractivity contribution in [3.05, 3.63) is 48.0 Å². The molecule has 182 valence electrons. The van der Waals surface area contributed by atoms with Crippen molar-refractivity contribution in [1.82, 2.24) is 14.6 Å². The molecule has 1 heterocycles. The van der Waals surface area contributed by atoms with Gasteiger partial charge in [0.2, 0.25) is 0 Å². The molecule has 0 aliphatic rings. The van der Waals surface area contributed by atoms with Crippen LogP contribution in [-0.2, 0) is 4.74 Å². The van der Waals surface area contributed by atoms with Gasteiger partial charge in [0.15, 0.2) is 11.6 Å². The molecule has 0 bridgehead atoms. The number of anilines is 1. The molecular formula is C23H26F2N4O4S. The van der Waals surface area contributed by atoms with Crippen LogP contribution in [0.25, 0.3) is 22.2 Å². The number of rotatable bonds is 6. The highest BCUT2D eigenvalue weighted by Crippen LogP contribution is 2.32. The van der Waals surface area contributed by atoms with Crippen molar-refractivity contribution in [1.29, 1.82) is 0 Å². The summed E-state index contributed by atoms with van der Waals surface area (Å²) in [6.45, 7) is 5.48. The summed E-state index contributed by atoms with van der Waals surface area (Å²) in [5, 5.41) is 5.76. The van der Waals surface area contributed by atoms with Crippen molar-refractivity contribution in [2.45, 2.75) is 26.4 Å². The average Bonchev–Trinajstić information content (AvgIpc) is 3.15. The average molecular weight is 493 g/mol. The summed E-state index contributed by atoms with van der Waals surface area (Å²) in [4.78, 5) is 27.4. The number of ether oxygens (including phenoxy) is 2. The van der Waals surface area contributed by atoms with E-state index in [1.165, 1.54) is 7.11 Å². The number of amides is 3. The molecule has 0 saturated heterocycles. The molecule has 3 N–H and O–H groups in total. The highest BCUT2D eigenvalue weighted by Gasteiger charge is 2.18. The minimum atomic E-state index is -0.946. The minimum absolute atomic E-state index is 0.106. The number of aromatic amines is 1. The predicted molar refractivity (Wildman–Crippen MR) is 129 cm³/mol. The van der Waals surface area contributed by atoms with Gasteiger partial charge in [0.1, 0.15) is 11.4 Å². The first-order valence-electron chi connectivity index (χ1n) is 10.4. The fourth-order valence-corrected chi connectivity index (χ4v) is 3.26. The van der Waals surface area contributed by atoms with E-state index in [0.717, 1.165) is 16.4 Å². The topological polar surface area (TPSA) is 95.7 Å². The number of nitrogens with one attached hydrogen (secondary N) is 3. The molecule has 0 atom stereocenters. The maximum absolute atomic E-state index is 13.6. The predicted octanol–water partition coefficient (Wildman–Crippen LogP) is 5.33. The maximum Gasteiger partial charge on any atom is 0.407 e. The fourth-order valence-electron chi connectivity index (χ4n) is 3.11. The van der Waals surface area contributed by atoms with E-state index in [-0.39, 0.29) is 13.1 Å². The third-order valence-corrected chi connectivity index (χ3v) is 5.02. The molecule has 0 fully saturated rings. The smallest absolute Gasteiger partial charge is 0.407 e. The molecule has 11 heteroatoms. The molecule has 1 aromatic heterocycles. The van der Waals surface area contributed by atoms with Crippen molar-refractivity contribution in [3.8, 4) is 17.0 Å². The van der Waals surface area contributed by atoms with Gasteiger partial charge in [-0.2, -0.15) is 0 Å². The van der Waals surface area contributed by atoms with Crippen molar-refractivity contribution in [2.24, 2.45) is 0 Å². The molecule has 0 aliphatic carbocycles. The number of carbonyl (C=O) groups excluding carboxylic acids is 2. The largest absolute Gasteiger partial charge is 0.495 e. The summed E-state index contributed by atoms with van der Waals surface area (Å²) in [7, 11) is 1.46. The van der Waals surface area contributed by atoms with E-state index in [4.69, 9.17) is 9.47 Å². The lowest BCUT2D eigenvalue weighted by molar-refractivity contribution is 0.0526. The molecule has 0 aliphatic heterocycles. The van der Waals surface area contributed by atoms with Crippen LogP contribution in [0.15, 0.2) is 36.4 Å². The normalized spacial score (nSPS) is 11.3. The van der Waals surface area contributed by atoms with Crippen LogP contribution in [0.3, 0.4) is 0 Å². The Hall–Kier alpha value is -3.47. The van der Waals surface area contributed by atoms with Crippen molar-refractivity contribution in [3.63, 3.8) is 0 Å². The van der Waals surface area contributed by atoms with E-state index >= 15 is 0 Å². The number of urea groups is 1. The lowest BCUT2D eigenvalue weighted by Gasteiger charge is -2.21. The van der Waals surface area contributed by atoms with Crippen LogP contribution < -0.4 is 15.4 Å². The van der Waals surface area contributed by atoms with Crippen LogP contribution in [0.4, 0.5) is 24.1 Å². The van der Waals surface area contributed by atoms with Crippen molar-refractivity contribution in [2.75, 3.05) is 25.5 Å². The second kappa shape index (κ2) is 10.2. The van der Waals surface area contributed by atoms with Gasteiger partial charge in [-0.3, -0.25) is 4.31 Å². The Morgan fingerprint density at radius 3 is 2.50 bits per heavy atom. The first kappa shape index (κ1) is 25.2. The quantitative estimate of drug-likeness (QED) is 0.350. The number of alkyl carbamates (subject to hydrolysis) is 1. The zero-order chi connectivity index (χ0) is 25.0. The Labute approximate surface area is 201 Å². The van der Waals surface area contributed by atoms with Gasteiger partial charge in [-0.15, -0.1) is 0 Å². The molecule has 3 amide bonds. The number of hydrogen-bond donors (Lipinski definition) is 4. The first-order chi connectivity index (χ1) is 16.0. The first-order valence-corrected chi connectivity index (χ1v) is 10.8. The molecular weight excluding hydrogens is 466 g/mol. The highest BCUT2D eigenvalue weighted by molar-refractivity contribution is 7.78. The minimum Gasteiger partial charge on any atom is -0.495 e. The van der Waals surface area contributed by atoms with Crippen LogP contribution in [0.2, 0.25) is 0 Å². The fraction of sp³-hybridized carbons (Fsp3) is 0.304. The SMILES string of the molecule is COc1ccc(-c2cc3cc(F)c(F)cc3[nH]2)cc1NC(=O)N(S)CCNC(=O)OC(C)(C)C. The van der Waals surface area contributed by atoms with Crippen molar-refractivity contribution < 1.29 is 27.8 Å². The van der Waals surface area contributed by atoms with E-state index in [9.17, 15) is 18.4 Å². The number of fused-ring (bicyclic) bond motifs is 1. The highest BCUT2D eigenvalue weighted by atomic mass is 32.1. The lowest BCUT2D eigenvalue weighted by atomic mass is 10.1. The maximum atomic E-state index is 13.6. The molecule has 0 radical (unpaired) electrons. The number of H-pyrrole nitrogens is 1. The Balaban J connectivity index is 1.70. The molecule has 2 aromatic carbocycles. The number of aromatic nitrogens is 1.